The molecule has 128 valence electrons. The van der Waals surface area contributed by atoms with E-state index in [0.29, 0.717) is 25.2 Å². The number of carbonyl (C=O) groups excluding carboxylic acids is 1. The van der Waals surface area contributed by atoms with Crippen molar-refractivity contribution in [3.8, 4) is 0 Å². The molecule has 2 rings (SSSR count). The molecule has 1 heterocycles. The summed E-state index contributed by atoms with van der Waals surface area (Å²) in [6.45, 7) is 4.67. The monoisotopic (exact) mass is 339 g/mol. The van der Waals surface area contributed by atoms with Crippen molar-refractivity contribution in [3.63, 3.8) is 0 Å². The van der Waals surface area contributed by atoms with E-state index in [-0.39, 0.29) is 17.4 Å². The van der Waals surface area contributed by atoms with Gasteiger partial charge in [0.1, 0.15) is 0 Å². The van der Waals surface area contributed by atoms with Gasteiger partial charge in [-0.05, 0) is 31.5 Å². The zero-order chi connectivity index (χ0) is 17.1. The molecule has 0 radical (unpaired) electrons. The average molecular weight is 339 g/mol. The van der Waals surface area contributed by atoms with Crippen molar-refractivity contribution in [2.24, 2.45) is 5.73 Å². The number of nitrogens with two attached hydrogens (primary N) is 1. The van der Waals surface area contributed by atoms with Crippen LogP contribution < -0.4 is 16.0 Å². The molecule has 1 atom stereocenters. The number of nitrogens with one attached hydrogen (secondary N) is 1. The van der Waals surface area contributed by atoms with Crippen molar-refractivity contribution in [2.45, 2.75) is 32.2 Å². The van der Waals surface area contributed by atoms with Crippen molar-refractivity contribution in [3.05, 3.63) is 24.3 Å². The number of rotatable bonds is 5. The normalized spacial score (nSPS) is 19.9. The van der Waals surface area contributed by atoms with E-state index in [1.54, 1.807) is 6.92 Å². The highest BCUT2D eigenvalue weighted by Crippen LogP contribution is 2.22. The lowest BCUT2D eigenvalue weighted by Gasteiger charge is -2.29. The van der Waals surface area contributed by atoms with Gasteiger partial charge in [-0.25, -0.2) is 8.42 Å². The zero-order valence-electron chi connectivity index (χ0n) is 13.7. The van der Waals surface area contributed by atoms with Gasteiger partial charge in [0.15, 0.2) is 9.84 Å². The molecule has 1 aromatic rings. The Bertz CT molecular complexity index is 657. The molecule has 1 aliphatic heterocycles. The number of sulfone groups is 1. The summed E-state index contributed by atoms with van der Waals surface area (Å²) < 4.78 is 23.0. The Labute approximate surface area is 138 Å². The Kier molecular flexibility index (Phi) is 5.31. The van der Waals surface area contributed by atoms with Crippen LogP contribution >= 0.6 is 0 Å². The minimum atomic E-state index is -2.91. The maximum atomic E-state index is 12.3. The molecule has 1 fully saturated rings. The van der Waals surface area contributed by atoms with Crippen molar-refractivity contribution < 1.29 is 13.2 Å². The lowest BCUT2D eigenvalue weighted by atomic mass is 9.96. The fourth-order valence-electron chi connectivity index (χ4n) is 2.66. The Hall–Kier alpha value is -1.60. The third kappa shape index (κ3) is 4.68. The topological polar surface area (TPSA) is 92.5 Å². The second kappa shape index (κ2) is 6.88. The molecular weight excluding hydrogens is 314 g/mol. The first-order valence-corrected chi connectivity index (χ1v) is 9.71. The van der Waals surface area contributed by atoms with Gasteiger partial charge in [0.25, 0.3) is 0 Å². The van der Waals surface area contributed by atoms with E-state index < -0.39 is 15.4 Å². The number of benzene rings is 1. The number of hydrogen-bond acceptors (Lipinski definition) is 5. The van der Waals surface area contributed by atoms with E-state index >= 15 is 0 Å². The quantitative estimate of drug-likeness (QED) is 0.845. The Morgan fingerprint density at radius 1 is 1.35 bits per heavy atom. The number of anilines is 2. The van der Waals surface area contributed by atoms with Crippen molar-refractivity contribution >= 4 is 27.1 Å². The van der Waals surface area contributed by atoms with Crippen LogP contribution in [-0.2, 0) is 14.6 Å². The third-order valence-electron chi connectivity index (χ3n) is 4.10. The highest BCUT2D eigenvalue weighted by Gasteiger charge is 2.27. The minimum absolute atomic E-state index is 0.168. The average Bonchev–Trinajstić information content (AvgIpc) is 2.47. The molecule has 0 saturated carbocycles. The maximum absolute atomic E-state index is 12.3. The summed E-state index contributed by atoms with van der Waals surface area (Å²) in [4.78, 5) is 14.3. The zero-order valence-corrected chi connectivity index (χ0v) is 14.5. The van der Waals surface area contributed by atoms with Gasteiger partial charge >= 0.3 is 0 Å². The first kappa shape index (κ1) is 17.7. The van der Waals surface area contributed by atoms with Crippen LogP contribution in [0.1, 0.15) is 26.7 Å². The van der Waals surface area contributed by atoms with E-state index in [0.717, 1.165) is 12.1 Å². The Balaban J connectivity index is 2.07. The minimum Gasteiger partial charge on any atom is -0.369 e. The molecule has 1 amide bonds. The molecule has 3 N–H and O–H groups in total. The predicted molar refractivity (Wildman–Crippen MR) is 93.4 cm³/mol. The van der Waals surface area contributed by atoms with Crippen molar-refractivity contribution in [2.75, 3.05) is 34.8 Å². The maximum Gasteiger partial charge on any atom is 0.244 e. The van der Waals surface area contributed by atoms with Gasteiger partial charge in [-0.1, -0.05) is 19.4 Å². The van der Waals surface area contributed by atoms with E-state index in [4.69, 9.17) is 5.73 Å². The van der Waals surface area contributed by atoms with Gasteiger partial charge in [-0.15, -0.1) is 0 Å². The lowest BCUT2D eigenvalue weighted by Crippen LogP contribution is -2.48. The molecule has 23 heavy (non-hydrogen) atoms. The molecular formula is C16H25N3O3S. The molecule has 7 heteroatoms. The van der Waals surface area contributed by atoms with E-state index in [2.05, 4.69) is 5.32 Å². The third-order valence-corrected chi connectivity index (χ3v) is 5.71. The fourth-order valence-corrected chi connectivity index (χ4v) is 3.86. The smallest absolute Gasteiger partial charge is 0.244 e. The summed E-state index contributed by atoms with van der Waals surface area (Å²) in [7, 11) is -2.91. The first-order valence-electron chi connectivity index (χ1n) is 7.89. The van der Waals surface area contributed by atoms with Gasteiger partial charge in [-0.3, -0.25) is 4.79 Å². The summed E-state index contributed by atoms with van der Waals surface area (Å²) in [5, 5.41) is 2.85. The summed E-state index contributed by atoms with van der Waals surface area (Å²) in [5.74, 6) is 0.125. The van der Waals surface area contributed by atoms with E-state index in [1.165, 1.54) is 0 Å². The van der Waals surface area contributed by atoms with Gasteiger partial charge in [0.2, 0.25) is 5.91 Å². The summed E-state index contributed by atoms with van der Waals surface area (Å²) in [6.07, 6.45) is 1.45. The number of hydrogen-bond donors (Lipinski definition) is 2. The molecule has 1 aromatic carbocycles. The van der Waals surface area contributed by atoms with Crippen LogP contribution in [0.2, 0.25) is 0 Å². The van der Waals surface area contributed by atoms with Crippen LogP contribution in [0.25, 0.3) is 0 Å². The van der Waals surface area contributed by atoms with E-state index in [1.807, 2.05) is 36.1 Å². The molecule has 0 aromatic heterocycles. The van der Waals surface area contributed by atoms with E-state index in [9.17, 15) is 13.2 Å². The largest absolute Gasteiger partial charge is 0.369 e. The van der Waals surface area contributed by atoms with Gasteiger partial charge in [0.05, 0.1) is 17.0 Å². The summed E-state index contributed by atoms with van der Waals surface area (Å²) >= 11 is 0. The Morgan fingerprint density at radius 3 is 2.61 bits per heavy atom. The SMILES string of the molecule is CCCC(C)(N)C(=O)Nc1cccc(N2CCS(=O)(=O)CC2)c1. The van der Waals surface area contributed by atoms with Crippen molar-refractivity contribution in [1.82, 2.24) is 0 Å². The molecule has 0 bridgehead atoms. The van der Waals surface area contributed by atoms with Crippen molar-refractivity contribution in [1.29, 1.82) is 0 Å². The molecule has 1 unspecified atom stereocenters. The van der Waals surface area contributed by atoms with Crippen LogP contribution in [0.5, 0.6) is 0 Å². The standard InChI is InChI=1S/C16H25N3O3S/c1-3-7-16(2,17)15(20)18-13-5-4-6-14(12-13)19-8-10-23(21,22)11-9-19/h4-6,12H,3,7-11,17H2,1-2H3,(H,18,20). The lowest BCUT2D eigenvalue weighted by molar-refractivity contribution is -0.120. The number of amides is 1. The molecule has 1 saturated heterocycles. The van der Waals surface area contributed by atoms with Gasteiger partial charge < -0.3 is 16.0 Å². The second-order valence-corrected chi connectivity index (χ2v) is 8.61. The highest BCUT2D eigenvalue weighted by molar-refractivity contribution is 7.91. The van der Waals surface area contributed by atoms with Crippen LogP contribution in [-0.4, -0.2) is 44.5 Å². The number of carbonyl (C=O) groups is 1. The van der Waals surface area contributed by atoms with Crippen LogP contribution in [0.4, 0.5) is 11.4 Å². The van der Waals surface area contributed by atoms with Crippen LogP contribution in [0, 0.1) is 0 Å². The van der Waals surface area contributed by atoms with Crippen LogP contribution in [0.15, 0.2) is 24.3 Å². The molecule has 1 aliphatic rings. The fraction of sp³-hybridized carbons (Fsp3) is 0.562. The van der Waals surface area contributed by atoms with Crippen LogP contribution in [0.3, 0.4) is 0 Å². The summed E-state index contributed by atoms with van der Waals surface area (Å²) in [6, 6.07) is 7.44. The summed E-state index contributed by atoms with van der Waals surface area (Å²) in [5.41, 5.74) is 6.73. The Morgan fingerprint density at radius 2 is 2.00 bits per heavy atom. The second-order valence-electron chi connectivity index (χ2n) is 6.31. The highest BCUT2D eigenvalue weighted by atomic mass is 32.2. The molecule has 0 aliphatic carbocycles. The van der Waals surface area contributed by atoms with Gasteiger partial charge in [0, 0.05) is 24.5 Å². The first-order chi connectivity index (χ1) is 10.7. The predicted octanol–water partition coefficient (Wildman–Crippen LogP) is 1.38. The number of nitrogens with zero attached hydrogens (tertiary/aromatic N) is 1. The molecule has 6 nitrogen and oxygen atoms in total. The molecule has 0 spiro atoms. The van der Waals surface area contributed by atoms with Gasteiger partial charge in [-0.2, -0.15) is 0 Å².